The minimum Gasteiger partial charge on any atom is -0.317 e. The van der Waals surface area contributed by atoms with E-state index in [0.717, 1.165) is 5.69 Å². The van der Waals surface area contributed by atoms with Gasteiger partial charge in [0, 0.05) is 10.6 Å². The zero-order valence-corrected chi connectivity index (χ0v) is 11.8. The number of halogens is 1. The molecule has 8 heteroatoms. The van der Waals surface area contributed by atoms with Gasteiger partial charge in [0.2, 0.25) is 0 Å². The van der Waals surface area contributed by atoms with Crippen LogP contribution in [0.3, 0.4) is 0 Å². The van der Waals surface area contributed by atoms with Crippen LogP contribution in [-0.2, 0) is 0 Å². The van der Waals surface area contributed by atoms with E-state index >= 15 is 0 Å². The number of aromatic nitrogens is 5. The molecule has 7 nitrogen and oxygen atoms in total. The third-order valence-corrected chi connectivity index (χ3v) is 3.19. The Morgan fingerprint density at radius 2 is 1.90 bits per heavy atom. The highest BCUT2D eigenvalue weighted by atomic mass is 35.5. The van der Waals surface area contributed by atoms with Crippen molar-refractivity contribution in [2.45, 2.75) is 6.92 Å². The maximum atomic E-state index is 12.3. The molecule has 3 aromatic rings. The fraction of sp³-hybridized carbons (Fsp3) is 0.0769. The van der Waals surface area contributed by atoms with Gasteiger partial charge in [-0.25, -0.2) is 0 Å². The first kappa shape index (κ1) is 13.3. The van der Waals surface area contributed by atoms with Gasteiger partial charge in [0.15, 0.2) is 5.82 Å². The van der Waals surface area contributed by atoms with Crippen molar-refractivity contribution >= 4 is 23.2 Å². The number of hydrogen-bond donors (Lipinski definition) is 2. The Hall–Kier alpha value is -2.67. The Morgan fingerprint density at radius 3 is 2.57 bits per heavy atom. The smallest absolute Gasteiger partial charge is 0.255 e. The Labute approximate surface area is 125 Å². The van der Waals surface area contributed by atoms with Crippen LogP contribution in [-0.4, -0.2) is 30.9 Å². The first-order chi connectivity index (χ1) is 10.1. The zero-order valence-electron chi connectivity index (χ0n) is 11.0. The SMILES string of the molecule is Cc1[nH]nc(-n2cnnc2)c1NC(=O)c1ccc(Cl)cc1. The molecule has 0 aliphatic carbocycles. The predicted octanol–water partition coefficient (Wildman–Crippen LogP) is 2.20. The lowest BCUT2D eigenvalue weighted by atomic mass is 10.2. The second-order valence-electron chi connectivity index (χ2n) is 4.38. The van der Waals surface area contributed by atoms with Crippen molar-refractivity contribution in [2.75, 3.05) is 5.32 Å². The number of rotatable bonds is 3. The van der Waals surface area contributed by atoms with Gasteiger partial charge in [-0.2, -0.15) is 5.10 Å². The Balaban J connectivity index is 1.90. The van der Waals surface area contributed by atoms with Crippen molar-refractivity contribution in [1.82, 2.24) is 25.0 Å². The van der Waals surface area contributed by atoms with Crippen molar-refractivity contribution in [3.05, 3.63) is 53.2 Å². The highest BCUT2D eigenvalue weighted by Crippen LogP contribution is 2.22. The standard InChI is InChI=1S/C13H11ClN6O/c1-8-11(12(19-18-8)20-6-15-16-7-20)17-13(21)9-2-4-10(14)5-3-9/h2-7H,1H3,(H,17,21)(H,18,19). The van der Waals surface area contributed by atoms with Crippen LogP contribution < -0.4 is 5.32 Å². The molecule has 0 unspecified atom stereocenters. The lowest BCUT2D eigenvalue weighted by Gasteiger charge is -2.07. The van der Waals surface area contributed by atoms with Crippen LogP contribution in [0.5, 0.6) is 0 Å². The summed E-state index contributed by atoms with van der Waals surface area (Å²) in [6, 6.07) is 6.65. The van der Waals surface area contributed by atoms with Gasteiger partial charge in [-0.3, -0.25) is 14.5 Å². The molecular formula is C13H11ClN6O. The average Bonchev–Trinajstić information content (AvgIpc) is 3.10. The number of nitrogens with zero attached hydrogens (tertiary/aromatic N) is 4. The summed E-state index contributed by atoms with van der Waals surface area (Å²) < 4.78 is 1.61. The Kier molecular flexibility index (Phi) is 3.41. The van der Waals surface area contributed by atoms with Gasteiger partial charge in [-0.15, -0.1) is 10.2 Å². The minimum atomic E-state index is -0.245. The molecule has 0 saturated heterocycles. The summed E-state index contributed by atoms with van der Waals surface area (Å²) >= 11 is 5.81. The molecule has 1 amide bonds. The molecule has 0 radical (unpaired) electrons. The summed E-state index contributed by atoms with van der Waals surface area (Å²) in [6.45, 7) is 1.82. The number of carbonyl (C=O) groups excluding carboxylic acids is 1. The molecule has 2 heterocycles. The molecule has 0 aliphatic heterocycles. The molecule has 106 valence electrons. The zero-order chi connectivity index (χ0) is 14.8. The van der Waals surface area contributed by atoms with E-state index < -0.39 is 0 Å². The number of hydrogen-bond acceptors (Lipinski definition) is 4. The van der Waals surface area contributed by atoms with Gasteiger partial charge in [0.05, 0.1) is 5.69 Å². The molecule has 0 saturated carbocycles. The molecule has 1 aromatic carbocycles. The Bertz CT molecular complexity index is 763. The van der Waals surface area contributed by atoms with Crippen LogP contribution in [0.4, 0.5) is 5.69 Å². The normalized spacial score (nSPS) is 10.6. The number of nitrogens with one attached hydrogen (secondary N) is 2. The van der Waals surface area contributed by atoms with Crippen LogP contribution in [0.25, 0.3) is 5.82 Å². The molecular weight excluding hydrogens is 292 g/mol. The fourth-order valence-corrected chi connectivity index (χ4v) is 1.98. The molecule has 2 N–H and O–H groups in total. The van der Waals surface area contributed by atoms with Crippen molar-refractivity contribution in [2.24, 2.45) is 0 Å². The van der Waals surface area contributed by atoms with Crippen molar-refractivity contribution in [3.8, 4) is 5.82 Å². The first-order valence-corrected chi connectivity index (χ1v) is 6.50. The number of anilines is 1. The van der Waals surface area contributed by atoms with Crippen molar-refractivity contribution < 1.29 is 4.79 Å². The van der Waals surface area contributed by atoms with Gasteiger partial charge in [-0.05, 0) is 31.2 Å². The Morgan fingerprint density at radius 1 is 1.24 bits per heavy atom. The summed E-state index contributed by atoms with van der Waals surface area (Å²) in [5.74, 6) is 0.283. The molecule has 3 rings (SSSR count). The maximum absolute atomic E-state index is 12.3. The van der Waals surface area contributed by atoms with E-state index in [1.54, 1.807) is 28.8 Å². The van der Waals surface area contributed by atoms with Gasteiger partial charge in [0.25, 0.3) is 5.91 Å². The molecule has 21 heavy (non-hydrogen) atoms. The summed E-state index contributed by atoms with van der Waals surface area (Å²) in [7, 11) is 0. The van der Waals surface area contributed by atoms with Crippen molar-refractivity contribution in [3.63, 3.8) is 0 Å². The van der Waals surface area contributed by atoms with E-state index in [9.17, 15) is 4.79 Å². The van der Waals surface area contributed by atoms with Crippen LogP contribution in [0.1, 0.15) is 16.1 Å². The van der Waals surface area contributed by atoms with E-state index in [-0.39, 0.29) is 5.91 Å². The van der Waals surface area contributed by atoms with Crippen LogP contribution >= 0.6 is 11.6 Å². The topological polar surface area (TPSA) is 88.5 Å². The van der Waals surface area contributed by atoms with E-state index in [2.05, 4.69) is 25.7 Å². The lowest BCUT2D eigenvalue weighted by molar-refractivity contribution is 0.102. The van der Waals surface area contributed by atoms with Gasteiger partial charge in [0.1, 0.15) is 18.3 Å². The first-order valence-electron chi connectivity index (χ1n) is 6.12. The average molecular weight is 303 g/mol. The number of aryl methyl sites for hydroxylation is 1. The number of H-pyrrole nitrogens is 1. The van der Waals surface area contributed by atoms with Gasteiger partial charge >= 0.3 is 0 Å². The third-order valence-electron chi connectivity index (χ3n) is 2.94. The minimum absolute atomic E-state index is 0.245. The summed E-state index contributed by atoms with van der Waals surface area (Å²) in [4.78, 5) is 12.3. The third kappa shape index (κ3) is 2.63. The lowest BCUT2D eigenvalue weighted by Crippen LogP contribution is -2.13. The molecule has 0 fully saturated rings. The molecule has 0 aliphatic rings. The van der Waals surface area contributed by atoms with Gasteiger partial charge < -0.3 is 5.32 Å². The highest BCUT2D eigenvalue weighted by molar-refractivity contribution is 6.30. The van der Waals surface area contributed by atoms with E-state index in [1.807, 2.05) is 6.92 Å². The number of amides is 1. The number of benzene rings is 1. The van der Waals surface area contributed by atoms with Gasteiger partial charge in [-0.1, -0.05) is 11.6 Å². The second-order valence-corrected chi connectivity index (χ2v) is 4.81. The monoisotopic (exact) mass is 302 g/mol. The van der Waals surface area contributed by atoms with Crippen LogP contribution in [0, 0.1) is 6.92 Å². The highest BCUT2D eigenvalue weighted by Gasteiger charge is 2.16. The van der Waals surface area contributed by atoms with Crippen LogP contribution in [0.2, 0.25) is 5.02 Å². The molecule has 0 bridgehead atoms. The van der Waals surface area contributed by atoms with Crippen LogP contribution in [0.15, 0.2) is 36.9 Å². The fourth-order valence-electron chi connectivity index (χ4n) is 1.85. The number of carbonyl (C=O) groups is 1. The summed E-state index contributed by atoms with van der Waals surface area (Å²) in [5.41, 5.74) is 1.82. The van der Waals surface area contributed by atoms with Crippen molar-refractivity contribution in [1.29, 1.82) is 0 Å². The van der Waals surface area contributed by atoms with E-state index in [0.29, 0.717) is 22.1 Å². The summed E-state index contributed by atoms with van der Waals surface area (Å²) in [6.07, 6.45) is 3.01. The second kappa shape index (κ2) is 5.37. The maximum Gasteiger partial charge on any atom is 0.255 e. The van der Waals surface area contributed by atoms with E-state index in [1.165, 1.54) is 12.7 Å². The quantitative estimate of drug-likeness (QED) is 0.776. The summed E-state index contributed by atoms with van der Waals surface area (Å²) in [5, 5.41) is 17.8. The largest absolute Gasteiger partial charge is 0.317 e. The molecule has 2 aromatic heterocycles. The molecule has 0 atom stereocenters. The van der Waals surface area contributed by atoms with E-state index in [4.69, 9.17) is 11.6 Å². The number of aromatic amines is 1. The predicted molar refractivity (Wildman–Crippen MR) is 77.6 cm³/mol. The molecule has 0 spiro atoms.